The third-order valence-corrected chi connectivity index (χ3v) is 7.76. The van der Waals surface area contributed by atoms with Crippen LogP contribution in [0.1, 0.15) is 24.7 Å². The Kier molecular flexibility index (Phi) is 8.80. The topological polar surface area (TPSA) is 105 Å². The molecule has 4 rings (SSSR count). The molecule has 2 aromatic heterocycles. The van der Waals surface area contributed by atoms with E-state index in [1.807, 2.05) is 0 Å². The second kappa shape index (κ2) is 11.7. The third kappa shape index (κ3) is 6.32. The van der Waals surface area contributed by atoms with Gasteiger partial charge in [-0.1, -0.05) is 6.92 Å². The van der Waals surface area contributed by atoms with Gasteiger partial charge in [-0.05, 0) is 54.8 Å². The lowest BCUT2D eigenvalue weighted by Crippen LogP contribution is -2.47. The summed E-state index contributed by atoms with van der Waals surface area (Å²) in [6, 6.07) is 6.99. The van der Waals surface area contributed by atoms with Gasteiger partial charge in [-0.3, -0.25) is 9.78 Å². The minimum atomic E-state index is -4.56. The summed E-state index contributed by atoms with van der Waals surface area (Å²) in [6.45, 7) is 1.85. The minimum Gasteiger partial charge on any atom is -0.349 e. The van der Waals surface area contributed by atoms with Gasteiger partial charge < -0.3 is 5.32 Å². The molecule has 1 aromatic carbocycles. The van der Waals surface area contributed by atoms with Crippen LogP contribution in [0.2, 0.25) is 0 Å². The van der Waals surface area contributed by atoms with Crippen molar-refractivity contribution in [3.8, 4) is 24.1 Å². The van der Waals surface area contributed by atoms with Crippen LogP contribution in [0.15, 0.2) is 59.9 Å². The number of sulfonamides is 1. The van der Waals surface area contributed by atoms with E-state index < -0.39 is 39.7 Å². The number of carbonyl (C=O) groups is 1. The average Bonchev–Trinajstić information content (AvgIpc) is 3.31. The first-order chi connectivity index (χ1) is 18.0. The van der Waals surface area contributed by atoms with Gasteiger partial charge in [0.1, 0.15) is 23.9 Å². The average molecular weight is 550 g/mol. The van der Waals surface area contributed by atoms with Crippen molar-refractivity contribution in [2.24, 2.45) is 5.92 Å². The maximum atomic E-state index is 13.3. The molecule has 1 aliphatic rings. The molecular weight excluding hydrogens is 526 g/mol. The van der Waals surface area contributed by atoms with E-state index in [-0.39, 0.29) is 23.9 Å². The number of nitrogens with zero attached hydrogens (tertiary/aromatic N) is 4. The van der Waals surface area contributed by atoms with Crippen molar-refractivity contribution in [2.45, 2.75) is 37.0 Å². The smallest absolute Gasteiger partial charge is 0.349 e. The Morgan fingerprint density at radius 1 is 1.11 bits per heavy atom. The maximum absolute atomic E-state index is 13.3. The number of aromatic nitrogens is 3. The molecule has 3 aromatic rings. The molecule has 1 fully saturated rings. The van der Waals surface area contributed by atoms with E-state index in [1.165, 1.54) is 18.5 Å². The largest absolute Gasteiger partial charge is 0.433 e. The Balaban J connectivity index is 0.00000195. The molecule has 38 heavy (non-hydrogen) atoms. The van der Waals surface area contributed by atoms with Gasteiger partial charge in [-0.2, -0.15) is 17.5 Å². The fraction of sp³-hybridized carbons (Fsp3) is 0.280. The van der Waals surface area contributed by atoms with Crippen molar-refractivity contribution < 1.29 is 30.8 Å². The van der Waals surface area contributed by atoms with Gasteiger partial charge >= 0.3 is 6.18 Å². The molecule has 0 unspecified atom stereocenters. The highest BCUT2D eigenvalue weighted by atomic mass is 32.2. The normalized spacial score (nSPS) is 17.9. The van der Waals surface area contributed by atoms with Crippen LogP contribution in [0.3, 0.4) is 0 Å². The SMILES string of the molecule is C#C.C[C@H]1CCN(S(=O)(=O)c2ccc(F)cc2)[C@@H]1C(=O)NCc1cc(-c2ccc(C(F)(F)F)nc2)ncn1. The Bertz CT molecular complexity index is 1390. The van der Waals surface area contributed by atoms with E-state index in [4.69, 9.17) is 0 Å². The van der Waals surface area contributed by atoms with E-state index >= 15 is 0 Å². The molecule has 0 bridgehead atoms. The number of hydrogen-bond acceptors (Lipinski definition) is 6. The summed E-state index contributed by atoms with van der Waals surface area (Å²) in [5, 5.41) is 2.68. The Hall–Kier alpha value is -3.89. The molecule has 1 N–H and O–H groups in total. The second-order valence-corrected chi connectivity index (χ2v) is 10.2. The van der Waals surface area contributed by atoms with Crippen LogP contribution in [-0.4, -0.2) is 46.2 Å². The van der Waals surface area contributed by atoms with E-state index in [0.717, 1.165) is 40.8 Å². The number of carbonyl (C=O) groups excluding carboxylic acids is 1. The number of benzene rings is 1. The summed E-state index contributed by atoms with van der Waals surface area (Å²) >= 11 is 0. The van der Waals surface area contributed by atoms with Gasteiger partial charge in [-0.25, -0.2) is 22.8 Å². The molecule has 2 atom stereocenters. The predicted octanol–water partition coefficient (Wildman–Crippen LogP) is 3.66. The van der Waals surface area contributed by atoms with Gasteiger partial charge in [-0.15, -0.1) is 12.8 Å². The van der Waals surface area contributed by atoms with Gasteiger partial charge in [0.2, 0.25) is 15.9 Å². The molecule has 8 nitrogen and oxygen atoms in total. The molecule has 1 amide bonds. The van der Waals surface area contributed by atoms with Gasteiger partial charge in [0.15, 0.2) is 0 Å². The van der Waals surface area contributed by atoms with Crippen molar-refractivity contribution in [3.05, 3.63) is 72.2 Å². The van der Waals surface area contributed by atoms with Crippen molar-refractivity contribution in [1.82, 2.24) is 24.6 Å². The van der Waals surface area contributed by atoms with Crippen molar-refractivity contribution >= 4 is 15.9 Å². The number of halogens is 4. The summed E-state index contributed by atoms with van der Waals surface area (Å²) < 4.78 is 78.8. The lowest BCUT2D eigenvalue weighted by Gasteiger charge is -2.25. The number of amides is 1. The summed E-state index contributed by atoms with van der Waals surface area (Å²) in [7, 11) is -4.03. The Labute approximate surface area is 217 Å². The van der Waals surface area contributed by atoms with E-state index in [2.05, 4.69) is 33.1 Å². The van der Waals surface area contributed by atoms with Crippen molar-refractivity contribution in [2.75, 3.05) is 6.54 Å². The first-order valence-corrected chi connectivity index (χ1v) is 12.6. The standard InChI is InChI=1S/C23H21F4N5O3S.C2H2/c1-14-8-9-32(36(34,35)18-5-3-16(24)4-6-18)21(14)22(33)29-12-17-10-19(31-13-30-17)15-2-7-20(28-11-15)23(25,26)27;1-2/h2-7,10-11,13-14,21H,8-9,12H2,1H3,(H,29,33);1-2H/t14-,21-;/m0./s1. The van der Waals surface area contributed by atoms with Crippen LogP contribution in [0, 0.1) is 24.6 Å². The molecule has 0 saturated carbocycles. The van der Waals surface area contributed by atoms with E-state index in [9.17, 15) is 30.8 Å². The summed E-state index contributed by atoms with van der Waals surface area (Å²) in [5.41, 5.74) is -0.0189. The van der Waals surface area contributed by atoms with Crippen LogP contribution in [-0.2, 0) is 27.5 Å². The molecular formula is C25H23F4N5O3S. The monoisotopic (exact) mass is 549 g/mol. The van der Waals surface area contributed by atoms with Gasteiger partial charge in [0.05, 0.1) is 22.8 Å². The lowest BCUT2D eigenvalue weighted by atomic mass is 10.0. The van der Waals surface area contributed by atoms with Crippen molar-refractivity contribution in [1.29, 1.82) is 0 Å². The van der Waals surface area contributed by atoms with Crippen LogP contribution in [0.25, 0.3) is 11.3 Å². The fourth-order valence-electron chi connectivity index (χ4n) is 3.96. The number of alkyl halides is 3. The molecule has 0 aliphatic carbocycles. The highest BCUT2D eigenvalue weighted by Crippen LogP contribution is 2.31. The van der Waals surface area contributed by atoms with Gasteiger partial charge in [0, 0.05) is 18.3 Å². The van der Waals surface area contributed by atoms with Crippen LogP contribution < -0.4 is 5.32 Å². The molecule has 200 valence electrons. The predicted molar refractivity (Wildman–Crippen MR) is 130 cm³/mol. The quantitative estimate of drug-likeness (QED) is 0.372. The van der Waals surface area contributed by atoms with Crippen LogP contribution in [0.5, 0.6) is 0 Å². The molecule has 3 heterocycles. The van der Waals surface area contributed by atoms with E-state index in [1.54, 1.807) is 6.92 Å². The number of nitrogens with one attached hydrogen (secondary N) is 1. The molecule has 13 heteroatoms. The minimum absolute atomic E-state index is 0.0595. The first-order valence-electron chi connectivity index (χ1n) is 11.2. The van der Waals surface area contributed by atoms with E-state index in [0.29, 0.717) is 23.4 Å². The number of pyridine rings is 1. The highest BCUT2D eigenvalue weighted by molar-refractivity contribution is 7.89. The Morgan fingerprint density at radius 2 is 1.79 bits per heavy atom. The fourth-order valence-corrected chi connectivity index (χ4v) is 5.66. The number of terminal acetylenes is 1. The summed E-state index contributed by atoms with van der Waals surface area (Å²) in [4.78, 5) is 24.4. The summed E-state index contributed by atoms with van der Waals surface area (Å²) in [5.74, 6) is -1.37. The molecule has 1 aliphatic heterocycles. The zero-order chi connectivity index (χ0) is 28.1. The van der Waals surface area contributed by atoms with Gasteiger partial charge in [0.25, 0.3) is 0 Å². The van der Waals surface area contributed by atoms with Crippen molar-refractivity contribution in [3.63, 3.8) is 0 Å². The Morgan fingerprint density at radius 3 is 2.39 bits per heavy atom. The molecule has 0 spiro atoms. The maximum Gasteiger partial charge on any atom is 0.433 e. The second-order valence-electron chi connectivity index (χ2n) is 8.32. The zero-order valence-electron chi connectivity index (χ0n) is 20.1. The number of rotatable bonds is 6. The number of hydrogen-bond donors (Lipinski definition) is 1. The first kappa shape index (κ1) is 28.7. The zero-order valence-corrected chi connectivity index (χ0v) is 20.9. The molecule has 1 saturated heterocycles. The lowest BCUT2D eigenvalue weighted by molar-refractivity contribution is -0.141. The van der Waals surface area contributed by atoms with Crippen LogP contribution >= 0.6 is 0 Å². The third-order valence-electron chi connectivity index (χ3n) is 5.86. The summed E-state index contributed by atoms with van der Waals surface area (Å²) in [6.07, 6.45) is 6.16. The molecule has 0 radical (unpaired) electrons. The van der Waals surface area contributed by atoms with Crippen LogP contribution in [0.4, 0.5) is 17.6 Å². The highest BCUT2D eigenvalue weighted by Gasteiger charge is 2.43.